The maximum Gasteiger partial charge on any atom is 0.242 e. The van der Waals surface area contributed by atoms with Gasteiger partial charge in [-0.2, -0.15) is 0 Å². The molecular weight excluding hydrogens is 387 g/mol. The summed E-state index contributed by atoms with van der Waals surface area (Å²) in [6.45, 7) is 0.504. The van der Waals surface area contributed by atoms with Gasteiger partial charge in [0.1, 0.15) is 0 Å². The molecule has 2 unspecified atom stereocenters. The van der Waals surface area contributed by atoms with Crippen molar-refractivity contribution in [2.45, 2.75) is 30.2 Å². The van der Waals surface area contributed by atoms with Gasteiger partial charge in [0, 0.05) is 6.04 Å². The van der Waals surface area contributed by atoms with Gasteiger partial charge in [-0.05, 0) is 53.4 Å². The van der Waals surface area contributed by atoms with Crippen molar-refractivity contribution in [3.63, 3.8) is 0 Å². The first-order chi connectivity index (χ1) is 8.95. The van der Waals surface area contributed by atoms with Crippen molar-refractivity contribution in [1.29, 1.82) is 0 Å². The standard InChI is InChI=1S/C12H16BrClN2O2S.ClH/c13-12-9(14)4-2-6-11(12)19(17,18)16-10-5-1-3-8(10)7-15;/h2,4,6,8,10,16H,1,3,5,7,15H2;1H. The molecule has 0 saturated heterocycles. The summed E-state index contributed by atoms with van der Waals surface area (Å²) in [5.41, 5.74) is 5.67. The molecule has 1 fully saturated rings. The van der Waals surface area contributed by atoms with Gasteiger partial charge in [-0.25, -0.2) is 13.1 Å². The monoisotopic (exact) mass is 402 g/mol. The van der Waals surface area contributed by atoms with Crippen molar-refractivity contribution < 1.29 is 8.42 Å². The third-order valence-electron chi connectivity index (χ3n) is 3.47. The Bertz CT molecular complexity index is 569. The van der Waals surface area contributed by atoms with Crippen molar-refractivity contribution in [2.24, 2.45) is 11.7 Å². The van der Waals surface area contributed by atoms with Gasteiger partial charge in [-0.15, -0.1) is 12.4 Å². The van der Waals surface area contributed by atoms with E-state index in [-0.39, 0.29) is 29.3 Å². The lowest BCUT2D eigenvalue weighted by Crippen LogP contribution is -2.39. The molecule has 0 bridgehead atoms. The summed E-state index contributed by atoms with van der Waals surface area (Å²) in [5, 5.41) is 0.379. The van der Waals surface area contributed by atoms with E-state index in [4.69, 9.17) is 17.3 Å². The van der Waals surface area contributed by atoms with Crippen LogP contribution < -0.4 is 10.5 Å². The number of nitrogens with one attached hydrogen (secondary N) is 1. The van der Waals surface area contributed by atoms with Crippen LogP contribution in [-0.2, 0) is 10.0 Å². The van der Waals surface area contributed by atoms with E-state index in [2.05, 4.69) is 20.7 Å². The SMILES string of the molecule is Cl.NCC1CCCC1NS(=O)(=O)c1cccc(Cl)c1Br. The third-order valence-corrected chi connectivity index (χ3v) is 6.67. The van der Waals surface area contributed by atoms with E-state index >= 15 is 0 Å². The molecule has 0 amide bonds. The zero-order valence-corrected chi connectivity index (χ0v) is 14.7. The highest BCUT2D eigenvalue weighted by molar-refractivity contribution is 9.10. The fourth-order valence-electron chi connectivity index (χ4n) is 2.43. The second kappa shape index (κ2) is 7.42. The highest BCUT2D eigenvalue weighted by Crippen LogP contribution is 2.31. The van der Waals surface area contributed by atoms with Crippen molar-refractivity contribution in [3.05, 3.63) is 27.7 Å². The van der Waals surface area contributed by atoms with Gasteiger partial charge in [0.2, 0.25) is 10.0 Å². The fraction of sp³-hybridized carbons (Fsp3) is 0.500. The van der Waals surface area contributed by atoms with Crippen molar-refractivity contribution in [3.8, 4) is 0 Å². The van der Waals surface area contributed by atoms with Gasteiger partial charge < -0.3 is 5.73 Å². The van der Waals surface area contributed by atoms with Crippen LogP contribution in [0.3, 0.4) is 0 Å². The maximum absolute atomic E-state index is 12.4. The Morgan fingerprint density at radius 1 is 1.40 bits per heavy atom. The number of rotatable bonds is 4. The molecule has 1 aliphatic carbocycles. The summed E-state index contributed by atoms with van der Waals surface area (Å²) in [7, 11) is -3.58. The molecule has 0 spiro atoms. The van der Waals surface area contributed by atoms with Crippen molar-refractivity contribution in [2.75, 3.05) is 6.54 Å². The van der Waals surface area contributed by atoms with Crippen LogP contribution in [0.2, 0.25) is 5.02 Å². The first-order valence-corrected chi connectivity index (χ1v) is 8.77. The van der Waals surface area contributed by atoms with Gasteiger partial charge in [0.25, 0.3) is 0 Å². The Morgan fingerprint density at radius 3 is 2.75 bits per heavy atom. The summed E-state index contributed by atoms with van der Waals surface area (Å²) in [6.07, 6.45) is 2.81. The molecule has 1 saturated carbocycles. The maximum atomic E-state index is 12.4. The van der Waals surface area contributed by atoms with E-state index in [0.717, 1.165) is 19.3 Å². The number of sulfonamides is 1. The van der Waals surface area contributed by atoms with Crippen LogP contribution in [0.1, 0.15) is 19.3 Å². The van der Waals surface area contributed by atoms with E-state index in [0.29, 0.717) is 16.0 Å². The minimum absolute atomic E-state index is 0. The van der Waals surface area contributed by atoms with Crippen LogP contribution in [0.25, 0.3) is 0 Å². The summed E-state index contributed by atoms with van der Waals surface area (Å²) in [6, 6.07) is 4.71. The molecule has 8 heteroatoms. The molecule has 1 aromatic rings. The average Bonchev–Trinajstić information content (AvgIpc) is 2.78. The van der Waals surface area contributed by atoms with Gasteiger partial charge in [-0.3, -0.25) is 0 Å². The second-order valence-corrected chi connectivity index (χ2v) is 7.59. The van der Waals surface area contributed by atoms with Crippen LogP contribution in [0, 0.1) is 5.92 Å². The molecule has 0 heterocycles. The molecular formula is C12H17BrCl2N2O2S. The Morgan fingerprint density at radius 2 is 2.10 bits per heavy atom. The molecule has 0 radical (unpaired) electrons. The minimum Gasteiger partial charge on any atom is -0.330 e. The van der Waals surface area contributed by atoms with Gasteiger partial charge in [0.15, 0.2) is 0 Å². The number of nitrogens with two attached hydrogens (primary N) is 1. The van der Waals surface area contributed by atoms with E-state index in [1.807, 2.05) is 0 Å². The van der Waals surface area contributed by atoms with Crippen molar-refractivity contribution in [1.82, 2.24) is 4.72 Å². The molecule has 0 aliphatic heterocycles. The Hall–Kier alpha value is 0.150. The first kappa shape index (κ1) is 18.2. The normalized spacial score (nSPS) is 22.6. The predicted molar refractivity (Wildman–Crippen MR) is 86.9 cm³/mol. The third kappa shape index (κ3) is 3.87. The minimum atomic E-state index is -3.58. The first-order valence-electron chi connectivity index (χ1n) is 6.12. The van der Waals surface area contributed by atoms with Crippen LogP contribution in [-0.4, -0.2) is 21.0 Å². The molecule has 1 aromatic carbocycles. The zero-order chi connectivity index (χ0) is 14.0. The quantitative estimate of drug-likeness (QED) is 0.811. The van der Waals surface area contributed by atoms with Crippen molar-refractivity contribution >= 4 is 50.0 Å². The Balaban J connectivity index is 0.00000200. The molecule has 1 aliphatic rings. The van der Waals surface area contributed by atoms with Crippen LogP contribution in [0.15, 0.2) is 27.6 Å². The van der Waals surface area contributed by atoms with Crippen LogP contribution in [0.5, 0.6) is 0 Å². The lowest BCUT2D eigenvalue weighted by molar-refractivity contribution is 0.453. The zero-order valence-electron chi connectivity index (χ0n) is 10.7. The number of halogens is 3. The van der Waals surface area contributed by atoms with Gasteiger partial charge in [-0.1, -0.05) is 24.1 Å². The van der Waals surface area contributed by atoms with Gasteiger partial charge in [0.05, 0.1) is 14.4 Å². The van der Waals surface area contributed by atoms with E-state index in [1.54, 1.807) is 12.1 Å². The molecule has 3 N–H and O–H groups in total. The topological polar surface area (TPSA) is 72.2 Å². The summed E-state index contributed by atoms with van der Waals surface area (Å²) < 4.78 is 27.9. The second-order valence-electron chi connectivity index (χ2n) is 4.71. The van der Waals surface area contributed by atoms with E-state index < -0.39 is 10.0 Å². The summed E-state index contributed by atoms with van der Waals surface area (Å²) in [5.74, 6) is 0.215. The number of benzene rings is 1. The lowest BCUT2D eigenvalue weighted by atomic mass is 10.1. The van der Waals surface area contributed by atoms with Crippen LogP contribution in [0.4, 0.5) is 0 Å². The number of hydrogen-bond donors (Lipinski definition) is 2. The average molecular weight is 404 g/mol. The molecule has 2 rings (SSSR count). The largest absolute Gasteiger partial charge is 0.330 e. The van der Waals surface area contributed by atoms with E-state index in [1.165, 1.54) is 6.07 Å². The summed E-state index contributed by atoms with van der Waals surface area (Å²) in [4.78, 5) is 0.169. The smallest absolute Gasteiger partial charge is 0.242 e. The van der Waals surface area contributed by atoms with E-state index in [9.17, 15) is 8.42 Å². The fourth-order valence-corrected chi connectivity index (χ4v) is 5.00. The summed E-state index contributed by atoms with van der Waals surface area (Å²) >= 11 is 9.16. The Labute approximate surface area is 139 Å². The molecule has 2 atom stereocenters. The molecule has 20 heavy (non-hydrogen) atoms. The van der Waals surface area contributed by atoms with Gasteiger partial charge >= 0.3 is 0 Å². The molecule has 4 nitrogen and oxygen atoms in total. The highest BCUT2D eigenvalue weighted by atomic mass is 79.9. The number of hydrogen-bond acceptors (Lipinski definition) is 3. The van der Waals surface area contributed by atoms with Crippen LogP contribution >= 0.6 is 39.9 Å². The molecule has 114 valence electrons. The molecule has 0 aromatic heterocycles. The lowest BCUT2D eigenvalue weighted by Gasteiger charge is -2.20. The highest BCUT2D eigenvalue weighted by Gasteiger charge is 2.31. The Kier molecular flexibility index (Phi) is 6.76. The predicted octanol–water partition coefficient (Wildman–Crippen LogP) is 2.93.